The molecule has 1 aliphatic heterocycles. The number of nitrogens with two attached hydrogens (primary N) is 1. The molecule has 3 N–H and O–H groups in total. The lowest BCUT2D eigenvalue weighted by Crippen LogP contribution is -2.42. The molecule has 0 aliphatic carbocycles. The summed E-state index contributed by atoms with van der Waals surface area (Å²) in [6, 6.07) is 0. The fourth-order valence-electron chi connectivity index (χ4n) is 1.53. The highest BCUT2D eigenvalue weighted by Crippen LogP contribution is 2.13. The molecule has 1 aliphatic rings. The third kappa shape index (κ3) is 3.21. The molecular formula is C11H23N5. The number of aliphatic imine (C=N–C) groups is 1. The quantitative estimate of drug-likeness (QED) is 0.692. The van der Waals surface area contributed by atoms with Gasteiger partial charge in [-0.05, 0) is 20.5 Å². The fraction of sp³-hybridized carbons (Fsp3) is 0.727. The van der Waals surface area contributed by atoms with Gasteiger partial charge >= 0.3 is 0 Å². The second kappa shape index (κ2) is 5.86. The molecule has 92 valence electrons. The van der Waals surface area contributed by atoms with Crippen molar-refractivity contribution in [3.63, 3.8) is 0 Å². The van der Waals surface area contributed by atoms with Gasteiger partial charge in [-0.25, -0.2) is 4.99 Å². The van der Waals surface area contributed by atoms with Gasteiger partial charge in [0.25, 0.3) is 0 Å². The summed E-state index contributed by atoms with van der Waals surface area (Å²) in [6.45, 7) is 7.23. The van der Waals surface area contributed by atoms with E-state index in [1.54, 1.807) is 6.34 Å². The molecule has 0 fully saturated rings. The van der Waals surface area contributed by atoms with E-state index >= 15 is 0 Å². The first-order valence-corrected chi connectivity index (χ1v) is 5.70. The Balaban J connectivity index is 2.56. The minimum atomic E-state index is -0.112. The summed E-state index contributed by atoms with van der Waals surface area (Å²) < 4.78 is 0. The topological polar surface area (TPSA) is 56.9 Å². The summed E-state index contributed by atoms with van der Waals surface area (Å²) in [5.41, 5.74) is 6.98. The Morgan fingerprint density at radius 1 is 1.44 bits per heavy atom. The van der Waals surface area contributed by atoms with Gasteiger partial charge in [0, 0.05) is 25.7 Å². The normalized spacial score (nSPS) is 20.2. The van der Waals surface area contributed by atoms with E-state index in [-0.39, 0.29) is 6.17 Å². The molecule has 1 unspecified atom stereocenters. The van der Waals surface area contributed by atoms with E-state index in [1.165, 1.54) is 0 Å². The van der Waals surface area contributed by atoms with Crippen LogP contribution in [-0.2, 0) is 0 Å². The highest BCUT2D eigenvalue weighted by atomic mass is 15.3. The van der Waals surface area contributed by atoms with Gasteiger partial charge in [-0.2, -0.15) is 0 Å². The van der Waals surface area contributed by atoms with Crippen LogP contribution in [-0.4, -0.2) is 56.0 Å². The van der Waals surface area contributed by atoms with Crippen LogP contribution in [0.15, 0.2) is 16.4 Å². The van der Waals surface area contributed by atoms with Gasteiger partial charge in [-0.15, -0.1) is 0 Å². The Bertz CT molecular complexity index is 284. The zero-order chi connectivity index (χ0) is 12.1. The van der Waals surface area contributed by atoms with Crippen LogP contribution in [0.4, 0.5) is 0 Å². The van der Waals surface area contributed by atoms with Crippen LogP contribution >= 0.6 is 0 Å². The second-order valence-electron chi connectivity index (χ2n) is 4.23. The molecule has 1 rings (SSSR count). The largest absolute Gasteiger partial charge is 0.358 e. The highest BCUT2D eigenvalue weighted by Gasteiger charge is 2.15. The second-order valence-corrected chi connectivity index (χ2v) is 4.23. The summed E-state index contributed by atoms with van der Waals surface area (Å²) in [5.74, 6) is 0.982. The smallest absolute Gasteiger partial charge is 0.132 e. The zero-order valence-electron chi connectivity index (χ0n) is 10.7. The van der Waals surface area contributed by atoms with E-state index in [4.69, 9.17) is 5.73 Å². The Morgan fingerprint density at radius 2 is 2.12 bits per heavy atom. The van der Waals surface area contributed by atoms with E-state index in [0.29, 0.717) is 0 Å². The lowest BCUT2D eigenvalue weighted by Gasteiger charge is -2.28. The maximum absolute atomic E-state index is 5.89. The third-order valence-electron chi connectivity index (χ3n) is 2.98. The first kappa shape index (κ1) is 13.0. The van der Waals surface area contributed by atoms with Crippen LogP contribution in [0.1, 0.15) is 13.8 Å². The Hall–Kier alpha value is -1.07. The minimum absolute atomic E-state index is 0.112. The van der Waals surface area contributed by atoms with Gasteiger partial charge in [0.2, 0.25) is 0 Å². The molecule has 1 heterocycles. The van der Waals surface area contributed by atoms with Gasteiger partial charge in [0.05, 0.1) is 6.34 Å². The predicted molar refractivity (Wildman–Crippen MR) is 68.1 cm³/mol. The average molecular weight is 225 g/mol. The Labute approximate surface area is 98.0 Å². The van der Waals surface area contributed by atoms with Crippen molar-refractivity contribution in [2.24, 2.45) is 10.7 Å². The minimum Gasteiger partial charge on any atom is -0.358 e. The maximum Gasteiger partial charge on any atom is 0.132 e. The third-order valence-corrected chi connectivity index (χ3v) is 2.98. The standard InChI is InChI=1S/C11H23N5/c1-5-15(3)6-7-16(4)11-9(2)10(12)13-8-14-11/h8,10H,5-7,12H2,1-4H3,(H,13,14). The van der Waals surface area contributed by atoms with Gasteiger partial charge in [-0.1, -0.05) is 6.92 Å². The van der Waals surface area contributed by atoms with E-state index in [1.807, 2.05) is 6.92 Å². The van der Waals surface area contributed by atoms with Crippen molar-refractivity contribution < 1.29 is 0 Å². The van der Waals surface area contributed by atoms with Crippen LogP contribution in [0, 0.1) is 0 Å². The molecule has 0 aromatic heterocycles. The van der Waals surface area contributed by atoms with Crippen molar-refractivity contribution in [3.05, 3.63) is 11.4 Å². The Morgan fingerprint density at radius 3 is 2.75 bits per heavy atom. The van der Waals surface area contributed by atoms with Crippen LogP contribution in [0.2, 0.25) is 0 Å². The molecule has 5 heteroatoms. The summed E-state index contributed by atoms with van der Waals surface area (Å²) in [5, 5.41) is 2.98. The van der Waals surface area contributed by atoms with Crippen LogP contribution < -0.4 is 11.1 Å². The van der Waals surface area contributed by atoms with E-state index in [9.17, 15) is 0 Å². The molecule has 16 heavy (non-hydrogen) atoms. The van der Waals surface area contributed by atoms with E-state index in [0.717, 1.165) is 31.0 Å². The molecule has 0 spiro atoms. The zero-order valence-corrected chi connectivity index (χ0v) is 10.7. The lowest BCUT2D eigenvalue weighted by atomic mass is 10.2. The van der Waals surface area contributed by atoms with Crippen LogP contribution in [0.25, 0.3) is 0 Å². The van der Waals surface area contributed by atoms with Gasteiger partial charge in [0.1, 0.15) is 12.0 Å². The molecule has 0 aromatic carbocycles. The first-order chi connectivity index (χ1) is 7.56. The molecule has 5 nitrogen and oxygen atoms in total. The predicted octanol–water partition coefficient (Wildman–Crippen LogP) is 0.0177. The average Bonchev–Trinajstić information content (AvgIpc) is 2.29. The molecule has 0 amide bonds. The maximum atomic E-state index is 5.89. The monoisotopic (exact) mass is 225 g/mol. The summed E-state index contributed by atoms with van der Waals surface area (Å²) in [4.78, 5) is 8.76. The van der Waals surface area contributed by atoms with Crippen LogP contribution in [0.3, 0.4) is 0 Å². The van der Waals surface area contributed by atoms with E-state index < -0.39 is 0 Å². The molecule has 0 saturated carbocycles. The highest BCUT2D eigenvalue weighted by molar-refractivity contribution is 5.59. The van der Waals surface area contributed by atoms with Crippen molar-refractivity contribution in [3.8, 4) is 0 Å². The van der Waals surface area contributed by atoms with Gasteiger partial charge < -0.3 is 20.9 Å². The van der Waals surface area contributed by atoms with Crippen molar-refractivity contribution >= 4 is 6.34 Å². The van der Waals surface area contributed by atoms with Gasteiger partial charge in [0.15, 0.2) is 0 Å². The molecule has 0 saturated heterocycles. The molecular weight excluding hydrogens is 202 g/mol. The molecule has 0 bridgehead atoms. The number of likely N-dealkylation sites (N-methyl/N-ethyl adjacent to an activating group) is 2. The molecule has 1 atom stereocenters. The SMILES string of the molecule is CCN(C)CCN(C)C1=C(C)C(N)NC=N1. The van der Waals surface area contributed by atoms with Crippen molar-refractivity contribution in [2.75, 3.05) is 33.7 Å². The number of nitrogens with one attached hydrogen (secondary N) is 1. The molecule has 0 aromatic rings. The summed E-state index contributed by atoms with van der Waals surface area (Å²) in [7, 11) is 4.17. The van der Waals surface area contributed by atoms with Crippen molar-refractivity contribution in [1.82, 2.24) is 15.1 Å². The number of rotatable bonds is 5. The number of hydrogen-bond acceptors (Lipinski definition) is 5. The Kier molecular flexibility index (Phi) is 4.76. The van der Waals surface area contributed by atoms with Crippen molar-refractivity contribution in [2.45, 2.75) is 20.0 Å². The first-order valence-electron chi connectivity index (χ1n) is 5.70. The fourth-order valence-corrected chi connectivity index (χ4v) is 1.53. The lowest BCUT2D eigenvalue weighted by molar-refractivity contribution is 0.292. The van der Waals surface area contributed by atoms with Crippen molar-refractivity contribution in [1.29, 1.82) is 0 Å². The van der Waals surface area contributed by atoms with Gasteiger partial charge in [-0.3, -0.25) is 0 Å². The van der Waals surface area contributed by atoms with Crippen LogP contribution in [0.5, 0.6) is 0 Å². The summed E-state index contributed by atoms with van der Waals surface area (Å²) in [6.07, 6.45) is 1.56. The van der Waals surface area contributed by atoms with E-state index in [2.05, 4.69) is 41.1 Å². The summed E-state index contributed by atoms with van der Waals surface area (Å²) >= 11 is 0. The number of hydrogen-bond donors (Lipinski definition) is 2. The number of nitrogens with zero attached hydrogens (tertiary/aromatic N) is 3. The molecule has 0 radical (unpaired) electrons.